The van der Waals surface area contributed by atoms with E-state index in [1.165, 1.54) is 15.3 Å². The first kappa shape index (κ1) is 26.4. The fourth-order valence-corrected chi connectivity index (χ4v) is 4.74. The molecule has 5 aromatic rings. The maximum Gasteiger partial charge on any atom is 0.270 e. The van der Waals surface area contributed by atoms with Crippen LogP contribution < -0.4 is 16.2 Å². The average Bonchev–Trinajstić information content (AvgIpc) is 3.41. The Balaban J connectivity index is 1.48. The van der Waals surface area contributed by atoms with Crippen LogP contribution in [-0.4, -0.2) is 32.2 Å². The Kier molecular flexibility index (Phi) is 7.68. The minimum absolute atomic E-state index is 0.0850. The number of carbonyl (C=O) groups is 2. The molecule has 5 rings (SSSR count). The van der Waals surface area contributed by atoms with Crippen molar-refractivity contribution in [1.29, 1.82) is 0 Å². The highest BCUT2D eigenvalue weighted by atomic mass is 16.2. The van der Waals surface area contributed by atoms with E-state index >= 15 is 0 Å². The van der Waals surface area contributed by atoms with Gasteiger partial charge >= 0.3 is 0 Å². The maximum atomic E-state index is 13.9. The number of amides is 2. The lowest BCUT2D eigenvalue weighted by molar-refractivity contribution is -0.118. The van der Waals surface area contributed by atoms with Gasteiger partial charge in [0.2, 0.25) is 11.5 Å². The first-order valence-corrected chi connectivity index (χ1v) is 12.9. The van der Waals surface area contributed by atoms with Gasteiger partial charge in [-0.15, -0.1) is 0 Å². The van der Waals surface area contributed by atoms with Crippen molar-refractivity contribution in [3.8, 4) is 11.1 Å². The van der Waals surface area contributed by atoms with Crippen LogP contribution in [0.1, 0.15) is 27.5 Å². The lowest BCUT2D eigenvalue weighted by atomic mass is 9.84. The zero-order valence-electron chi connectivity index (χ0n) is 22.2. The summed E-state index contributed by atoms with van der Waals surface area (Å²) in [5.41, 5.74) is 4.42. The summed E-state index contributed by atoms with van der Waals surface area (Å²) < 4.78 is 3.00. The Bertz CT molecular complexity index is 1640. The molecule has 40 heavy (non-hydrogen) atoms. The number of rotatable bonds is 8. The second kappa shape index (κ2) is 11.7. The summed E-state index contributed by atoms with van der Waals surface area (Å²) in [6.07, 6.45) is 3.31. The molecule has 0 saturated carbocycles. The molecule has 0 aliphatic carbocycles. The molecule has 0 spiro atoms. The molecule has 2 aromatic heterocycles. The van der Waals surface area contributed by atoms with Gasteiger partial charge < -0.3 is 15.2 Å². The van der Waals surface area contributed by atoms with Crippen molar-refractivity contribution in [2.75, 3.05) is 5.32 Å². The third kappa shape index (κ3) is 5.76. The highest BCUT2D eigenvalue weighted by molar-refractivity contribution is 6.01. The Hall–Kier alpha value is -5.24. The molecule has 1 atom stereocenters. The molecule has 3 aromatic carbocycles. The molecule has 0 saturated heterocycles. The number of pyridine rings is 1. The van der Waals surface area contributed by atoms with Crippen molar-refractivity contribution in [3.63, 3.8) is 0 Å². The molecule has 1 unspecified atom stereocenters. The van der Waals surface area contributed by atoms with E-state index < -0.39 is 17.9 Å². The van der Waals surface area contributed by atoms with E-state index in [1.54, 1.807) is 50.8 Å². The molecule has 2 amide bonds. The number of hydrogen-bond acceptors (Lipinski definition) is 4. The number of aromatic nitrogens is 3. The summed E-state index contributed by atoms with van der Waals surface area (Å²) in [4.78, 5) is 39.0. The quantitative estimate of drug-likeness (QED) is 0.311. The lowest BCUT2D eigenvalue weighted by Gasteiger charge is -2.28. The van der Waals surface area contributed by atoms with Gasteiger partial charge in [-0.25, -0.2) is 0 Å². The van der Waals surface area contributed by atoms with Gasteiger partial charge in [0.1, 0.15) is 11.7 Å². The van der Waals surface area contributed by atoms with Gasteiger partial charge in [0.25, 0.3) is 5.91 Å². The van der Waals surface area contributed by atoms with Crippen LogP contribution in [-0.2, 0) is 18.9 Å². The van der Waals surface area contributed by atoms with Crippen molar-refractivity contribution in [2.24, 2.45) is 14.1 Å². The van der Waals surface area contributed by atoms with Crippen LogP contribution in [0.2, 0.25) is 0 Å². The molecule has 8 nitrogen and oxygen atoms in total. The Labute approximate surface area is 231 Å². The number of anilines is 1. The van der Waals surface area contributed by atoms with Gasteiger partial charge in [-0.2, -0.15) is 5.10 Å². The zero-order valence-corrected chi connectivity index (χ0v) is 22.2. The number of nitrogens with one attached hydrogen (secondary N) is 2. The van der Waals surface area contributed by atoms with Crippen molar-refractivity contribution in [1.82, 2.24) is 19.7 Å². The first-order valence-electron chi connectivity index (χ1n) is 12.9. The van der Waals surface area contributed by atoms with Crippen LogP contribution in [0, 0.1) is 0 Å². The molecule has 2 N–H and O–H groups in total. The standard InChI is InChI=1S/C32H29N5O3/c1-36-21-25(15-18-28(36)38)22-13-16-26(17-14-22)34-32(40)30(35-31(39)27-19-20-33-37(27)2)29(23-9-5-3-6-10-23)24-11-7-4-8-12-24/h3-21,29-30H,1-2H3,(H,34,40)(H,35,39). The molecule has 0 bridgehead atoms. The molecule has 0 aliphatic rings. The van der Waals surface area contributed by atoms with Gasteiger partial charge in [0.05, 0.1) is 0 Å². The number of benzene rings is 3. The normalized spacial score (nSPS) is 11.7. The monoisotopic (exact) mass is 531 g/mol. The van der Waals surface area contributed by atoms with Crippen LogP contribution in [0.25, 0.3) is 11.1 Å². The second-order valence-corrected chi connectivity index (χ2v) is 9.52. The lowest BCUT2D eigenvalue weighted by Crippen LogP contribution is -2.48. The van der Waals surface area contributed by atoms with Gasteiger partial charge in [-0.05, 0) is 46.5 Å². The summed E-state index contributed by atoms with van der Waals surface area (Å²) in [5.74, 6) is -1.21. The largest absolute Gasteiger partial charge is 0.338 e. The first-order chi connectivity index (χ1) is 19.4. The molecule has 2 heterocycles. The predicted molar refractivity (Wildman–Crippen MR) is 155 cm³/mol. The minimum Gasteiger partial charge on any atom is -0.338 e. The molecule has 0 fully saturated rings. The highest BCUT2D eigenvalue weighted by Gasteiger charge is 2.33. The molecule has 8 heteroatoms. The van der Waals surface area contributed by atoms with Crippen molar-refractivity contribution in [2.45, 2.75) is 12.0 Å². The highest BCUT2D eigenvalue weighted by Crippen LogP contribution is 2.30. The SMILES string of the molecule is Cn1nccc1C(=O)NC(C(=O)Nc1ccc(-c2ccc(=O)n(C)c2)cc1)C(c1ccccc1)c1ccccc1. The van der Waals surface area contributed by atoms with Crippen molar-refractivity contribution < 1.29 is 9.59 Å². The summed E-state index contributed by atoms with van der Waals surface area (Å²) in [6, 6.07) is 30.7. The van der Waals surface area contributed by atoms with E-state index in [-0.39, 0.29) is 11.5 Å². The maximum absolute atomic E-state index is 13.9. The number of carbonyl (C=O) groups excluding carboxylic acids is 2. The van der Waals surface area contributed by atoms with Gasteiger partial charge in [-0.3, -0.25) is 19.1 Å². The third-order valence-electron chi connectivity index (χ3n) is 6.84. The minimum atomic E-state index is -0.935. The van der Waals surface area contributed by atoms with E-state index in [0.29, 0.717) is 11.4 Å². The van der Waals surface area contributed by atoms with Crippen LogP contribution in [0.4, 0.5) is 5.69 Å². The molecule has 0 aliphatic heterocycles. The van der Waals surface area contributed by atoms with Crippen molar-refractivity contribution in [3.05, 3.63) is 143 Å². The smallest absolute Gasteiger partial charge is 0.270 e. The Morgan fingerprint density at radius 2 is 1.35 bits per heavy atom. The number of nitrogens with zero attached hydrogens (tertiary/aromatic N) is 3. The number of aryl methyl sites for hydroxylation is 2. The molecule has 200 valence electrons. The van der Waals surface area contributed by atoms with Crippen LogP contribution in [0.3, 0.4) is 0 Å². The third-order valence-corrected chi connectivity index (χ3v) is 6.84. The second-order valence-electron chi connectivity index (χ2n) is 9.52. The summed E-state index contributed by atoms with van der Waals surface area (Å²) in [6.45, 7) is 0. The van der Waals surface area contributed by atoms with E-state index in [0.717, 1.165) is 22.3 Å². The van der Waals surface area contributed by atoms with Crippen LogP contribution >= 0.6 is 0 Å². The molecule has 0 radical (unpaired) electrons. The van der Waals surface area contributed by atoms with E-state index in [9.17, 15) is 14.4 Å². The number of hydrogen-bond donors (Lipinski definition) is 2. The molecular formula is C32H29N5O3. The summed E-state index contributed by atoms with van der Waals surface area (Å²) in [5, 5.41) is 10.1. The van der Waals surface area contributed by atoms with Gasteiger partial charge in [-0.1, -0.05) is 72.8 Å². The Morgan fingerprint density at radius 1 is 0.750 bits per heavy atom. The van der Waals surface area contributed by atoms with E-state index in [4.69, 9.17) is 0 Å². The topological polar surface area (TPSA) is 98.0 Å². The predicted octanol–water partition coefficient (Wildman–Crippen LogP) is 4.36. The van der Waals surface area contributed by atoms with Gasteiger partial charge in [0.15, 0.2) is 0 Å². The summed E-state index contributed by atoms with van der Waals surface area (Å²) in [7, 11) is 3.39. The zero-order chi connectivity index (χ0) is 28.1. The average molecular weight is 532 g/mol. The van der Waals surface area contributed by atoms with Crippen LogP contribution in [0.5, 0.6) is 0 Å². The van der Waals surface area contributed by atoms with Crippen LogP contribution in [0.15, 0.2) is 120 Å². The molecular weight excluding hydrogens is 502 g/mol. The van der Waals surface area contributed by atoms with Crippen molar-refractivity contribution >= 4 is 17.5 Å². The summed E-state index contributed by atoms with van der Waals surface area (Å²) >= 11 is 0. The fraction of sp³-hybridized carbons (Fsp3) is 0.125. The van der Waals surface area contributed by atoms with E-state index in [2.05, 4.69) is 15.7 Å². The van der Waals surface area contributed by atoms with E-state index in [1.807, 2.05) is 72.8 Å². The van der Waals surface area contributed by atoms with Gasteiger partial charge in [0, 0.05) is 44.2 Å². The fourth-order valence-electron chi connectivity index (χ4n) is 4.74. The Morgan fingerprint density at radius 3 is 1.90 bits per heavy atom.